The lowest BCUT2D eigenvalue weighted by molar-refractivity contribution is -0.125. The van der Waals surface area contributed by atoms with Crippen molar-refractivity contribution in [2.45, 2.75) is 49.9 Å². The van der Waals surface area contributed by atoms with Crippen molar-refractivity contribution in [1.29, 1.82) is 0 Å². The Morgan fingerprint density at radius 2 is 2.00 bits per heavy atom. The first-order chi connectivity index (χ1) is 13.9. The van der Waals surface area contributed by atoms with Gasteiger partial charge in [-0.3, -0.25) is 4.79 Å². The summed E-state index contributed by atoms with van der Waals surface area (Å²) in [6, 6.07) is 0. The third-order valence-corrected chi connectivity index (χ3v) is 5.89. The van der Waals surface area contributed by atoms with E-state index in [0.29, 0.717) is 62.5 Å². The molecule has 10 heteroatoms. The van der Waals surface area contributed by atoms with Crippen LogP contribution in [0.4, 0.5) is 5.82 Å². The van der Waals surface area contributed by atoms with E-state index in [1.807, 2.05) is 9.47 Å². The summed E-state index contributed by atoms with van der Waals surface area (Å²) in [6.07, 6.45) is 5.67. The molecule has 2 aromatic heterocycles. The number of carbonyl (C=O) groups excluding carboxylic acids is 1. The summed E-state index contributed by atoms with van der Waals surface area (Å²) < 4.78 is 7.21. The van der Waals surface area contributed by atoms with E-state index in [1.165, 1.54) is 6.33 Å². The molecule has 0 aliphatic carbocycles. The zero-order chi connectivity index (χ0) is 20.5. The molecule has 158 valence electrons. The first-order valence-electron chi connectivity index (χ1n) is 10.1. The van der Waals surface area contributed by atoms with Crippen LogP contribution in [-0.4, -0.2) is 80.2 Å². The van der Waals surface area contributed by atoms with Crippen LogP contribution in [0.1, 0.15) is 32.1 Å². The summed E-state index contributed by atoms with van der Waals surface area (Å²) in [6.45, 7) is 2.50. The van der Waals surface area contributed by atoms with Gasteiger partial charge in [-0.2, -0.15) is 0 Å². The number of hydrogen-bond acceptors (Lipinski definition) is 8. The number of amides is 1. The van der Waals surface area contributed by atoms with E-state index in [0.717, 1.165) is 13.0 Å². The third kappa shape index (κ3) is 4.19. The van der Waals surface area contributed by atoms with Gasteiger partial charge in [0.15, 0.2) is 17.0 Å². The smallest absolute Gasteiger partial charge is 0.222 e. The topological polar surface area (TPSA) is 126 Å². The first-order valence-corrected chi connectivity index (χ1v) is 10.1. The average Bonchev–Trinajstić information content (AvgIpc) is 3.10. The third-order valence-electron chi connectivity index (χ3n) is 5.89. The van der Waals surface area contributed by atoms with Gasteiger partial charge in [-0.05, 0) is 12.8 Å². The normalized spacial score (nSPS) is 24.6. The van der Waals surface area contributed by atoms with Gasteiger partial charge in [-0.1, -0.05) is 0 Å². The summed E-state index contributed by atoms with van der Waals surface area (Å²) in [5.74, 6) is 0.457. The standard InChI is InChI=1S/C19H28N6O4/c1-20-14(26)9-19(28)3-2-6-24(11-19)16-15-17(22-12-21-16)25(13-23-15)10-18(27)4-7-29-8-5-18/h12-13,27-28H,2-11H2,1H3,(H,20,26). The van der Waals surface area contributed by atoms with Gasteiger partial charge in [-0.25, -0.2) is 15.0 Å². The monoisotopic (exact) mass is 404 g/mol. The molecule has 1 unspecified atom stereocenters. The molecule has 3 N–H and O–H groups in total. The minimum atomic E-state index is -1.10. The molecule has 29 heavy (non-hydrogen) atoms. The number of rotatable bonds is 5. The second-order valence-electron chi connectivity index (χ2n) is 8.18. The lowest BCUT2D eigenvalue weighted by Crippen LogP contribution is -2.50. The number of ether oxygens (including phenoxy) is 1. The number of imidazole rings is 1. The van der Waals surface area contributed by atoms with Crippen LogP contribution >= 0.6 is 0 Å². The zero-order valence-corrected chi connectivity index (χ0v) is 16.7. The summed E-state index contributed by atoms with van der Waals surface area (Å²) >= 11 is 0. The average molecular weight is 404 g/mol. The number of piperidine rings is 1. The first kappa shape index (κ1) is 20.0. The van der Waals surface area contributed by atoms with Crippen molar-refractivity contribution >= 4 is 22.9 Å². The lowest BCUT2D eigenvalue weighted by Gasteiger charge is -2.39. The van der Waals surface area contributed by atoms with Gasteiger partial charge in [-0.15, -0.1) is 0 Å². The summed E-state index contributed by atoms with van der Waals surface area (Å²) in [4.78, 5) is 27.1. The Balaban J connectivity index is 1.58. The Hall–Kier alpha value is -2.30. The van der Waals surface area contributed by atoms with Crippen molar-refractivity contribution < 1.29 is 19.7 Å². The highest BCUT2D eigenvalue weighted by Gasteiger charge is 2.37. The molecule has 1 amide bonds. The van der Waals surface area contributed by atoms with E-state index >= 15 is 0 Å². The number of nitrogens with one attached hydrogen (secondary N) is 1. The number of aromatic nitrogens is 4. The molecule has 0 aromatic carbocycles. The molecule has 2 saturated heterocycles. The predicted octanol–water partition coefficient (Wildman–Crippen LogP) is -0.165. The fourth-order valence-electron chi connectivity index (χ4n) is 4.27. The Labute approximate surface area is 168 Å². The molecule has 2 aliphatic heterocycles. The number of aliphatic hydroxyl groups is 2. The van der Waals surface area contributed by atoms with E-state index in [4.69, 9.17) is 4.74 Å². The van der Waals surface area contributed by atoms with Crippen molar-refractivity contribution in [2.24, 2.45) is 0 Å². The van der Waals surface area contributed by atoms with E-state index < -0.39 is 11.2 Å². The van der Waals surface area contributed by atoms with Gasteiger partial charge < -0.3 is 29.7 Å². The highest BCUT2D eigenvalue weighted by molar-refractivity contribution is 5.83. The highest BCUT2D eigenvalue weighted by Crippen LogP contribution is 2.31. The molecule has 0 radical (unpaired) electrons. The largest absolute Gasteiger partial charge is 0.388 e. The fourth-order valence-corrected chi connectivity index (χ4v) is 4.27. The van der Waals surface area contributed by atoms with Crippen molar-refractivity contribution in [2.75, 3.05) is 38.3 Å². The molecule has 2 fully saturated rings. The highest BCUT2D eigenvalue weighted by atomic mass is 16.5. The van der Waals surface area contributed by atoms with Crippen LogP contribution < -0.4 is 10.2 Å². The van der Waals surface area contributed by atoms with E-state index in [2.05, 4.69) is 20.3 Å². The number of anilines is 1. The molecule has 0 saturated carbocycles. The van der Waals surface area contributed by atoms with Gasteiger partial charge >= 0.3 is 0 Å². The van der Waals surface area contributed by atoms with Crippen LogP contribution in [0.2, 0.25) is 0 Å². The van der Waals surface area contributed by atoms with Gasteiger partial charge in [0.1, 0.15) is 6.33 Å². The maximum atomic E-state index is 11.8. The molecule has 2 aliphatic rings. The SMILES string of the molecule is CNC(=O)CC1(O)CCCN(c2ncnc3c2ncn3CC2(O)CCOCC2)C1. The molecule has 4 heterocycles. The number of fused-ring (bicyclic) bond motifs is 1. The van der Waals surface area contributed by atoms with Crippen LogP contribution in [0, 0.1) is 0 Å². The fraction of sp³-hybridized carbons (Fsp3) is 0.684. The minimum absolute atomic E-state index is 0.0533. The Morgan fingerprint density at radius 1 is 1.21 bits per heavy atom. The molecular formula is C19H28N6O4. The summed E-state index contributed by atoms with van der Waals surface area (Å²) in [7, 11) is 1.57. The van der Waals surface area contributed by atoms with E-state index in [1.54, 1.807) is 13.4 Å². The second-order valence-corrected chi connectivity index (χ2v) is 8.18. The maximum absolute atomic E-state index is 11.8. The molecule has 4 rings (SSSR count). The Bertz CT molecular complexity index is 881. The van der Waals surface area contributed by atoms with E-state index in [9.17, 15) is 15.0 Å². The van der Waals surface area contributed by atoms with Crippen molar-refractivity contribution in [3.63, 3.8) is 0 Å². The van der Waals surface area contributed by atoms with Crippen LogP contribution in [-0.2, 0) is 16.1 Å². The van der Waals surface area contributed by atoms with Crippen LogP contribution in [0.5, 0.6) is 0 Å². The van der Waals surface area contributed by atoms with Crippen LogP contribution in [0.25, 0.3) is 11.2 Å². The predicted molar refractivity (Wildman–Crippen MR) is 105 cm³/mol. The Morgan fingerprint density at radius 3 is 2.76 bits per heavy atom. The van der Waals surface area contributed by atoms with Gasteiger partial charge in [0.2, 0.25) is 5.91 Å². The molecular weight excluding hydrogens is 376 g/mol. The van der Waals surface area contributed by atoms with Gasteiger partial charge in [0.05, 0.1) is 30.5 Å². The summed E-state index contributed by atoms with van der Waals surface area (Å²) in [5, 5.41) is 24.3. The molecule has 0 spiro atoms. The van der Waals surface area contributed by atoms with Crippen molar-refractivity contribution in [1.82, 2.24) is 24.8 Å². The quantitative estimate of drug-likeness (QED) is 0.627. The number of nitrogens with zero attached hydrogens (tertiary/aromatic N) is 5. The summed E-state index contributed by atoms with van der Waals surface area (Å²) in [5.41, 5.74) is -0.659. The Kier molecular flexibility index (Phi) is 5.41. The van der Waals surface area contributed by atoms with Crippen molar-refractivity contribution in [3.8, 4) is 0 Å². The van der Waals surface area contributed by atoms with Crippen molar-refractivity contribution in [3.05, 3.63) is 12.7 Å². The zero-order valence-electron chi connectivity index (χ0n) is 16.7. The maximum Gasteiger partial charge on any atom is 0.222 e. The molecule has 10 nitrogen and oxygen atoms in total. The number of carbonyl (C=O) groups is 1. The van der Waals surface area contributed by atoms with E-state index in [-0.39, 0.29) is 12.3 Å². The number of hydrogen-bond donors (Lipinski definition) is 3. The van der Waals surface area contributed by atoms with Gasteiger partial charge in [0.25, 0.3) is 0 Å². The number of β-amino-alcohol motifs (C(OH)–C–C–N with tert-alkyl or cyclic N) is 1. The lowest BCUT2D eigenvalue weighted by atomic mass is 9.89. The minimum Gasteiger partial charge on any atom is -0.388 e. The van der Waals surface area contributed by atoms with Crippen LogP contribution in [0.3, 0.4) is 0 Å². The van der Waals surface area contributed by atoms with Gasteiger partial charge in [0, 0.05) is 46.2 Å². The molecule has 2 aromatic rings. The van der Waals surface area contributed by atoms with Crippen LogP contribution in [0.15, 0.2) is 12.7 Å². The second kappa shape index (κ2) is 7.85. The molecule has 1 atom stereocenters. The molecule has 0 bridgehead atoms.